The Hall–Kier alpha value is -3.81. The average Bonchev–Trinajstić information content (AvgIpc) is 3.29. The Balaban J connectivity index is 0.000000505. The molecule has 3 aromatic heterocycles. The molecule has 14 heteroatoms. The van der Waals surface area contributed by atoms with Gasteiger partial charge in [-0.05, 0) is 38.8 Å². The van der Waals surface area contributed by atoms with Crippen molar-refractivity contribution >= 4 is 23.2 Å². The van der Waals surface area contributed by atoms with Crippen LogP contribution in [-0.2, 0) is 9.53 Å². The fourth-order valence-electron chi connectivity index (χ4n) is 3.58. The predicted octanol–water partition coefficient (Wildman–Crippen LogP) is 5.23. The largest absolute Gasteiger partial charge is 0.490 e. The van der Waals surface area contributed by atoms with Crippen LogP contribution >= 0.6 is 0 Å². The molecule has 0 radical (unpaired) electrons. The number of anilines is 1. The number of ether oxygens (including phenoxy) is 2. The maximum absolute atomic E-state index is 12.9. The quantitative estimate of drug-likeness (QED) is 0.408. The Bertz CT molecular complexity index is 1270. The summed E-state index contributed by atoms with van der Waals surface area (Å²) in [5.41, 5.74) is 1.53. The number of hydrogen-bond donors (Lipinski definition) is 2. The minimum absolute atomic E-state index is 0.0854. The maximum Gasteiger partial charge on any atom is 0.490 e. The van der Waals surface area contributed by atoms with E-state index >= 15 is 0 Å². The molecule has 2 N–H and O–H groups in total. The third-order valence-electron chi connectivity index (χ3n) is 5.27. The van der Waals surface area contributed by atoms with Gasteiger partial charge in [0.25, 0.3) is 12.3 Å². The summed E-state index contributed by atoms with van der Waals surface area (Å²) in [6.07, 6.45) is -2.45. The van der Waals surface area contributed by atoms with E-state index in [0.717, 1.165) is 18.5 Å². The molecular weight excluding hydrogens is 519 g/mol. The van der Waals surface area contributed by atoms with Gasteiger partial charge in [0.15, 0.2) is 11.4 Å². The zero-order chi connectivity index (χ0) is 28.0. The molecule has 3 aromatic rings. The number of nitrogens with zero attached hydrogens (tertiary/aromatic N) is 3. The van der Waals surface area contributed by atoms with Crippen LogP contribution in [0.4, 0.5) is 27.6 Å². The molecule has 1 saturated heterocycles. The summed E-state index contributed by atoms with van der Waals surface area (Å²) in [7, 11) is 0. The van der Waals surface area contributed by atoms with Gasteiger partial charge in [-0.1, -0.05) is 6.07 Å². The molecule has 0 aromatic carbocycles. The number of aromatic nitrogens is 3. The molecule has 1 amide bonds. The number of hydrogen-bond acceptors (Lipinski definition) is 6. The van der Waals surface area contributed by atoms with Gasteiger partial charge in [0, 0.05) is 37.6 Å². The van der Waals surface area contributed by atoms with E-state index in [4.69, 9.17) is 24.4 Å². The molecule has 4 heterocycles. The summed E-state index contributed by atoms with van der Waals surface area (Å²) in [5, 5.41) is 9.85. The monoisotopic (exact) mass is 544 g/mol. The normalized spacial score (nSPS) is 14.3. The second kappa shape index (κ2) is 12.2. The van der Waals surface area contributed by atoms with Crippen molar-refractivity contribution in [3.63, 3.8) is 0 Å². The Morgan fingerprint density at radius 2 is 1.82 bits per heavy atom. The molecular formula is C24H25F5N4O5. The van der Waals surface area contributed by atoms with Crippen LogP contribution in [-0.4, -0.2) is 56.8 Å². The van der Waals surface area contributed by atoms with E-state index in [1.54, 1.807) is 12.3 Å². The predicted molar refractivity (Wildman–Crippen MR) is 125 cm³/mol. The lowest BCUT2D eigenvalue weighted by molar-refractivity contribution is -0.192. The van der Waals surface area contributed by atoms with Crippen LogP contribution in [0.1, 0.15) is 60.9 Å². The summed E-state index contributed by atoms with van der Waals surface area (Å²) in [6, 6.07) is 5.65. The van der Waals surface area contributed by atoms with Gasteiger partial charge in [0.05, 0.1) is 17.5 Å². The number of alkyl halides is 5. The van der Waals surface area contributed by atoms with Crippen molar-refractivity contribution in [1.82, 2.24) is 14.4 Å². The van der Waals surface area contributed by atoms with Gasteiger partial charge in [-0.15, -0.1) is 0 Å². The Kier molecular flexibility index (Phi) is 9.20. The summed E-state index contributed by atoms with van der Waals surface area (Å²) in [5.74, 6) is -2.50. The minimum Gasteiger partial charge on any atom is -0.487 e. The van der Waals surface area contributed by atoms with E-state index in [0.29, 0.717) is 36.2 Å². The molecule has 4 rings (SSSR count). The molecule has 0 spiro atoms. The molecule has 0 aliphatic carbocycles. The highest BCUT2D eigenvalue weighted by Gasteiger charge is 2.38. The average molecular weight is 544 g/mol. The Morgan fingerprint density at radius 3 is 2.39 bits per heavy atom. The number of imidazole rings is 1. The molecule has 1 aliphatic rings. The van der Waals surface area contributed by atoms with Gasteiger partial charge in [-0.25, -0.2) is 23.5 Å². The fraction of sp³-hybridized carbons (Fsp3) is 0.417. The smallest absolute Gasteiger partial charge is 0.487 e. The first-order chi connectivity index (χ1) is 17.8. The van der Waals surface area contributed by atoms with E-state index in [2.05, 4.69) is 10.3 Å². The summed E-state index contributed by atoms with van der Waals surface area (Å²) >= 11 is 0. The number of carboxylic acid groups (broad SMARTS) is 1. The second-order valence-corrected chi connectivity index (χ2v) is 8.55. The van der Waals surface area contributed by atoms with Crippen LogP contribution in [0.2, 0.25) is 0 Å². The second-order valence-electron chi connectivity index (χ2n) is 8.55. The number of carbonyl (C=O) groups excluding carboxylic acids is 1. The van der Waals surface area contributed by atoms with E-state index in [-0.39, 0.29) is 11.8 Å². The van der Waals surface area contributed by atoms with Crippen molar-refractivity contribution in [2.45, 2.75) is 51.3 Å². The van der Waals surface area contributed by atoms with Crippen LogP contribution in [0.15, 0.2) is 36.7 Å². The Labute approximate surface area is 213 Å². The number of carboxylic acids is 1. The topological polar surface area (TPSA) is 115 Å². The van der Waals surface area contributed by atoms with Gasteiger partial charge in [0.1, 0.15) is 11.4 Å². The van der Waals surface area contributed by atoms with Gasteiger partial charge < -0.3 is 24.3 Å². The van der Waals surface area contributed by atoms with Crippen molar-refractivity contribution in [2.24, 2.45) is 0 Å². The highest BCUT2D eigenvalue weighted by molar-refractivity contribution is 6.03. The van der Waals surface area contributed by atoms with E-state index < -0.39 is 30.2 Å². The van der Waals surface area contributed by atoms with Crippen molar-refractivity contribution in [2.75, 3.05) is 18.5 Å². The maximum atomic E-state index is 12.9. The lowest BCUT2D eigenvalue weighted by Crippen LogP contribution is -2.21. The molecule has 206 valence electrons. The zero-order valence-corrected chi connectivity index (χ0v) is 20.3. The molecule has 1 fully saturated rings. The standard InChI is InChI=1S/C22H24F2N4O3.C2HF3O2/c1-13(2)31-19-10-15(25-22(29)17-5-3-4-16(26-17)20(23)24)11-28-12-18(27-21(19)28)14-6-8-30-9-7-14;3-2(4,5)1(6)7/h3-5,10-14,20H,6-9H2,1-2H3,(H,25,29);(H,6,7). The number of amides is 1. The zero-order valence-electron chi connectivity index (χ0n) is 20.3. The van der Waals surface area contributed by atoms with E-state index in [9.17, 15) is 26.7 Å². The van der Waals surface area contributed by atoms with Crippen LogP contribution in [0, 0.1) is 0 Å². The highest BCUT2D eigenvalue weighted by atomic mass is 19.4. The van der Waals surface area contributed by atoms with Crippen LogP contribution in [0.25, 0.3) is 5.65 Å². The summed E-state index contributed by atoms with van der Waals surface area (Å²) in [4.78, 5) is 30.0. The first kappa shape index (κ1) is 28.8. The molecule has 0 unspecified atom stereocenters. The summed E-state index contributed by atoms with van der Waals surface area (Å²) < 4.78 is 70.8. The molecule has 38 heavy (non-hydrogen) atoms. The van der Waals surface area contributed by atoms with Crippen LogP contribution in [0.3, 0.4) is 0 Å². The minimum atomic E-state index is -5.08. The van der Waals surface area contributed by atoms with Gasteiger partial charge in [-0.3, -0.25) is 4.79 Å². The number of aliphatic carboxylic acids is 1. The number of rotatable bonds is 6. The molecule has 0 bridgehead atoms. The first-order valence-corrected chi connectivity index (χ1v) is 11.5. The van der Waals surface area contributed by atoms with Crippen molar-refractivity contribution in [1.29, 1.82) is 0 Å². The van der Waals surface area contributed by atoms with Crippen molar-refractivity contribution in [3.8, 4) is 5.75 Å². The molecule has 1 aliphatic heterocycles. The fourth-order valence-corrected chi connectivity index (χ4v) is 3.58. The number of halogens is 5. The third-order valence-corrected chi connectivity index (χ3v) is 5.27. The number of fused-ring (bicyclic) bond motifs is 1. The number of carbonyl (C=O) groups is 2. The molecule has 0 atom stereocenters. The van der Waals surface area contributed by atoms with E-state index in [1.165, 1.54) is 18.2 Å². The third kappa shape index (κ3) is 7.60. The summed E-state index contributed by atoms with van der Waals surface area (Å²) in [6.45, 7) is 5.23. The highest BCUT2D eigenvalue weighted by Crippen LogP contribution is 2.31. The van der Waals surface area contributed by atoms with Gasteiger partial charge in [-0.2, -0.15) is 13.2 Å². The first-order valence-electron chi connectivity index (χ1n) is 11.5. The van der Waals surface area contributed by atoms with Crippen molar-refractivity contribution in [3.05, 3.63) is 53.7 Å². The molecule has 9 nitrogen and oxygen atoms in total. The van der Waals surface area contributed by atoms with Crippen LogP contribution in [0.5, 0.6) is 5.75 Å². The Morgan fingerprint density at radius 1 is 1.16 bits per heavy atom. The number of nitrogens with one attached hydrogen (secondary N) is 1. The van der Waals surface area contributed by atoms with Crippen molar-refractivity contribution < 1.29 is 46.1 Å². The van der Waals surface area contributed by atoms with Gasteiger partial charge >= 0.3 is 12.1 Å². The number of pyridine rings is 2. The van der Waals surface area contributed by atoms with E-state index in [1.807, 2.05) is 24.4 Å². The SMILES string of the molecule is CC(C)Oc1cc(NC(=O)c2cccc(C(F)F)n2)cn2cc(C3CCOCC3)nc12.O=C(O)C(F)(F)F. The lowest BCUT2D eigenvalue weighted by atomic mass is 9.97. The lowest BCUT2D eigenvalue weighted by Gasteiger charge is -2.19. The van der Waals surface area contributed by atoms with Crippen LogP contribution < -0.4 is 10.1 Å². The molecule has 0 saturated carbocycles. The van der Waals surface area contributed by atoms with Gasteiger partial charge in [0.2, 0.25) is 0 Å².